The Balaban J connectivity index is 1.68. The van der Waals surface area contributed by atoms with E-state index < -0.39 is 0 Å². The summed E-state index contributed by atoms with van der Waals surface area (Å²) in [4.78, 5) is 24.4. The highest BCUT2D eigenvalue weighted by Gasteiger charge is 2.09. The molecule has 8 heteroatoms. The number of amides is 1. The van der Waals surface area contributed by atoms with Crippen LogP contribution in [0.2, 0.25) is 5.02 Å². The molecule has 0 atom stereocenters. The number of nitrogens with one attached hydrogen (secondary N) is 1. The minimum absolute atomic E-state index is 0.187. The van der Waals surface area contributed by atoms with Crippen LogP contribution in [-0.4, -0.2) is 29.9 Å². The van der Waals surface area contributed by atoms with Gasteiger partial charge in [0.1, 0.15) is 6.54 Å². The summed E-state index contributed by atoms with van der Waals surface area (Å²) in [6, 6.07) is 15.5. The van der Waals surface area contributed by atoms with Crippen LogP contribution in [-0.2, 0) is 17.9 Å². The molecule has 3 aromatic rings. The molecule has 3 rings (SSSR count). The minimum Gasteiger partial charge on any atom is -0.493 e. The summed E-state index contributed by atoms with van der Waals surface area (Å²) >= 11 is 5.90. The zero-order valence-corrected chi connectivity index (χ0v) is 16.8. The first kappa shape index (κ1) is 20.4. The van der Waals surface area contributed by atoms with Crippen molar-refractivity contribution in [1.29, 1.82) is 0 Å². The van der Waals surface area contributed by atoms with Crippen molar-refractivity contribution in [1.82, 2.24) is 15.1 Å². The van der Waals surface area contributed by atoms with Gasteiger partial charge in [-0.1, -0.05) is 29.8 Å². The molecule has 29 heavy (non-hydrogen) atoms. The van der Waals surface area contributed by atoms with Gasteiger partial charge in [-0.15, -0.1) is 0 Å². The maximum absolute atomic E-state index is 12.3. The van der Waals surface area contributed by atoms with Gasteiger partial charge in [0.2, 0.25) is 5.91 Å². The third-order valence-electron chi connectivity index (χ3n) is 4.24. The second-order valence-electron chi connectivity index (χ2n) is 6.19. The van der Waals surface area contributed by atoms with Crippen molar-refractivity contribution >= 4 is 17.5 Å². The number of benzene rings is 2. The Labute approximate surface area is 172 Å². The van der Waals surface area contributed by atoms with Gasteiger partial charge in [0.25, 0.3) is 5.56 Å². The normalized spacial score (nSPS) is 10.4. The van der Waals surface area contributed by atoms with Crippen molar-refractivity contribution in [2.45, 2.75) is 13.1 Å². The standard InChI is InChI=1S/C21H20ClN3O4/c1-28-18-9-3-14(11-19(18)29-2)12-23-20(26)13-25-21(27)10-8-17(24-25)15-4-6-16(22)7-5-15/h3-11H,12-13H2,1-2H3,(H,23,26). The fourth-order valence-electron chi connectivity index (χ4n) is 2.72. The first-order chi connectivity index (χ1) is 14.0. The van der Waals surface area contributed by atoms with E-state index in [4.69, 9.17) is 21.1 Å². The molecule has 0 aliphatic rings. The Bertz CT molecular complexity index is 1060. The van der Waals surface area contributed by atoms with Crippen LogP contribution in [0, 0.1) is 0 Å². The van der Waals surface area contributed by atoms with Gasteiger partial charge in [0.05, 0.1) is 19.9 Å². The summed E-state index contributed by atoms with van der Waals surface area (Å²) in [5.41, 5.74) is 1.86. The largest absolute Gasteiger partial charge is 0.493 e. The van der Waals surface area contributed by atoms with Crippen LogP contribution in [0.3, 0.4) is 0 Å². The molecular weight excluding hydrogens is 394 g/mol. The average molecular weight is 414 g/mol. The fourth-order valence-corrected chi connectivity index (χ4v) is 2.85. The van der Waals surface area contributed by atoms with E-state index in [2.05, 4.69) is 10.4 Å². The van der Waals surface area contributed by atoms with E-state index in [1.807, 2.05) is 6.07 Å². The number of carbonyl (C=O) groups excluding carboxylic acids is 1. The SMILES string of the molecule is COc1ccc(CNC(=O)Cn2nc(-c3ccc(Cl)cc3)ccc2=O)cc1OC. The number of hydrogen-bond acceptors (Lipinski definition) is 5. The molecule has 0 saturated heterocycles. The molecular formula is C21H20ClN3O4. The van der Waals surface area contributed by atoms with Crippen LogP contribution >= 0.6 is 11.6 Å². The van der Waals surface area contributed by atoms with E-state index in [0.29, 0.717) is 22.2 Å². The summed E-state index contributed by atoms with van der Waals surface area (Å²) in [6.07, 6.45) is 0. The Morgan fingerprint density at radius 2 is 1.76 bits per heavy atom. The number of carbonyl (C=O) groups is 1. The molecule has 150 valence electrons. The van der Waals surface area contributed by atoms with E-state index in [0.717, 1.165) is 15.8 Å². The highest BCUT2D eigenvalue weighted by molar-refractivity contribution is 6.30. The maximum Gasteiger partial charge on any atom is 0.267 e. The van der Waals surface area contributed by atoms with Crippen molar-refractivity contribution in [3.8, 4) is 22.8 Å². The summed E-state index contributed by atoms with van der Waals surface area (Å²) in [7, 11) is 3.11. The molecule has 0 spiro atoms. The third-order valence-corrected chi connectivity index (χ3v) is 4.49. The van der Waals surface area contributed by atoms with Crippen LogP contribution in [0.5, 0.6) is 11.5 Å². The molecule has 0 saturated carbocycles. The Kier molecular flexibility index (Phi) is 6.51. The van der Waals surface area contributed by atoms with Gasteiger partial charge in [-0.2, -0.15) is 5.10 Å². The van der Waals surface area contributed by atoms with Gasteiger partial charge in [-0.25, -0.2) is 4.68 Å². The van der Waals surface area contributed by atoms with Gasteiger partial charge >= 0.3 is 0 Å². The summed E-state index contributed by atoms with van der Waals surface area (Å²) in [6.45, 7) is 0.0956. The van der Waals surface area contributed by atoms with E-state index in [1.54, 1.807) is 56.7 Å². The van der Waals surface area contributed by atoms with Gasteiger partial charge in [-0.3, -0.25) is 9.59 Å². The van der Waals surface area contributed by atoms with Crippen molar-refractivity contribution in [2.75, 3.05) is 14.2 Å². The van der Waals surface area contributed by atoms with Crippen molar-refractivity contribution in [3.05, 3.63) is 75.5 Å². The van der Waals surface area contributed by atoms with Crippen LogP contribution in [0.15, 0.2) is 59.4 Å². The molecule has 0 unspecified atom stereocenters. The highest BCUT2D eigenvalue weighted by Crippen LogP contribution is 2.27. The van der Waals surface area contributed by atoms with Crippen LogP contribution in [0.1, 0.15) is 5.56 Å². The number of aromatic nitrogens is 2. The molecule has 0 bridgehead atoms. The molecule has 0 radical (unpaired) electrons. The van der Waals surface area contributed by atoms with Gasteiger partial charge in [0, 0.05) is 23.2 Å². The second kappa shape index (κ2) is 9.25. The van der Waals surface area contributed by atoms with Crippen LogP contribution in [0.25, 0.3) is 11.3 Å². The van der Waals surface area contributed by atoms with E-state index >= 15 is 0 Å². The number of hydrogen-bond donors (Lipinski definition) is 1. The van der Waals surface area contributed by atoms with Crippen molar-refractivity contribution < 1.29 is 14.3 Å². The molecule has 1 heterocycles. The smallest absolute Gasteiger partial charge is 0.267 e. The fraction of sp³-hybridized carbons (Fsp3) is 0.190. The highest BCUT2D eigenvalue weighted by atomic mass is 35.5. The number of ether oxygens (including phenoxy) is 2. The summed E-state index contributed by atoms with van der Waals surface area (Å²) in [5, 5.41) is 7.67. The lowest BCUT2D eigenvalue weighted by Gasteiger charge is -2.11. The second-order valence-corrected chi connectivity index (χ2v) is 6.62. The number of rotatable bonds is 7. The Morgan fingerprint density at radius 3 is 2.45 bits per heavy atom. The minimum atomic E-state index is -0.357. The van der Waals surface area contributed by atoms with Crippen molar-refractivity contribution in [2.24, 2.45) is 0 Å². The molecule has 1 N–H and O–H groups in total. The van der Waals surface area contributed by atoms with E-state index in [1.165, 1.54) is 6.07 Å². The molecule has 0 aliphatic carbocycles. The van der Waals surface area contributed by atoms with Crippen LogP contribution < -0.4 is 20.3 Å². The molecule has 1 aromatic heterocycles. The van der Waals surface area contributed by atoms with E-state index in [-0.39, 0.29) is 24.6 Å². The van der Waals surface area contributed by atoms with E-state index in [9.17, 15) is 9.59 Å². The quantitative estimate of drug-likeness (QED) is 0.644. The Hall–Kier alpha value is -3.32. The molecule has 0 aliphatic heterocycles. The molecule has 0 fully saturated rings. The zero-order valence-electron chi connectivity index (χ0n) is 16.0. The lowest BCUT2D eigenvalue weighted by atomic mass is 10.1. The van der Waals surface area contributed by atoms with Gasteiger partial charge in [-0.05, 0) is 35.9 Å². The Morgan fingerprint density at radius 1 is 1.03 bits per heavy atom. The zero-order chi connectivity index (χ0) is 20.8. The van der Waals surface area contributed by atoms with Gasteiger partial charge < -0.3 is 14.8 Å². The predicted molar refractivity (Wildman–Crippen MR) is 110 cm³/mol. The van der Waals surface area contributed by atoms with Gasteiger partial charge in [0.15, 0.2) is 11.5 Å². The monoisotopic (exact) mass is 413 g/mol. The number of nitrogens with zero attached hydrogens (tertiary/aromatic N) is 2. The number of halogens is 1. The lowest BCUT2D eigenvalue weighted by Crippen LogP contribution is -2.33. The molecule has 7 nitrogen and oxygen atoms in total. The maximum atomic E-state index is 12.3. The van der Waals surface area contributed by atoms with Crippen LogP contribution in [0.4, 0.5) is 0 Å². The molecule has 2 aromatic carbocycles. The summed E-state index contributed by atoms with van der Waals surface area (Å²) < 4.78 is 11.6. The molecule has 1 amide bonds. The topological polar surface area (TPSA) is 82.5 Å². The summed E-state index contributed by atoms with van der Waals surface area (Å²) in [5.74, 6) is 0.854. The lowest BCUT2D eigenvalue weighted by molar-refractivity contribution is -0.122. The third kappa shape index (κ3) is 5.14. The first-order valence-corrected chi connectivity index (χ1v) is 9.19. The first-order valence-electron chi connectivity index (χ1n) is 8.82. The van der Waals surface area contributed by atoms with Crippen molar-refractivity contribution in [3.63, 3.8) is 0 Å². The number of methoxy groups -OCH3 is 2. The predicted octanol–water partition coefficient (Wildman–Crippen LogP) is 2.90. The average Bonchev–Trinajstić information content (AvgIpc) is 2.74.